The van der Waals surface area contributed by atoms with Crippen LogP contribution in [0.4, 0.5) is 5.69 Å². The molecule has 4 rings (SSSR count). The number of carboxylic acids is 1. The summed E-state index contributed by atoms with van der Waals surface area (Å²) in [6.45, 7) is 7.34. The highest BCUT2D eigenvalue weighted by atomic mass is 16.5. The maximum Gasteiger partial charge on any atom is 0.310 e. The average molecular weight is 473 g/mol. The van der Waals surface area contributed by atoms with Gasteiger partial charge in [-0.15, -0.1) is 6.58 Å². The van der Waals surface area contributed by atoms with Gasteiger partial charge in [0.05, 0.1) is 37.7 Å². The maximum absolute atomic E-state index is 14.2. The van der Waals surface area contributed by atoms with Crippen molar-refractivity contribution in [2.75, 3.05) is 25.2 Å². The molecule has 34 heavy (non-hydrogen) atoms. The van der Waals surface area contributed by atoms with Crippen LogP contribution in [-0.2, 0) is 19.1 Å². The van der Waals surface area contributed by atoms with E-state index in [0.717, 1.165) is 0 Å². The first-order valence-electron chi connectivity index (χ1n) is 11.6. The van der Waals surface area contributed by atoms with Crippen molar-refractivity contribution in [1.82, 2.24) is 4.90 Å². The molecule has 2 unspecified atom stereocenters. The van der Waals surface area contributed by atoms with Crippen molar-refractivity contribution in [1.29, 1.82) is 0 Å². The molecule has 2 bridgehead atoms. The number of amides is 2. The van der Waals surface area contributed by atoms with Crippen molar-refractivity contribution < 1.29 is 34.1 Å². The molecule has 1 aromatic rings. The molecule has 3 fully saturated rings. The van der Waals surface area contributed by atoms with E-state index in [1.165, 1.54) is 9.80 Å². The number of carbonyl (C=O) groups excluding carboxylic acids is 2. The van der Waals surface area contributed by atoms with E-state index in [-0.39, 0.29) is 25.0 Å². The van der Waals surface area contributed by atoms with Crippen LogP contribution in [0, 0.1) is 17.8 Å². The Labute approximate surface area is 198 Å². The van der Waals surface area contributed by atoms with Crippen molar-refractivity contribution in [3.05, 3.63) is 36.9 Å². The summed E-state index contributed by atoms with van der Waals surface area (Å²) < 4.78 is 11.5. The average Bonchev–Trinajstić information content (AvgIpc) is 3.45. The first-order chi connectivity index (χ1) is 16.2. The third-order valence-corrected chi connectivity index (χ3v) is 7.53. The fraction of sp³-hybridized carbons (Fsp3) is 0.560. The lowest BCUT2D eigenvalue weighted by Crippen LogP contribution is -2.59. The van der Waals surface area contributed by atoms with Crippen LogP contribution in [0.15, 0.2) is 36.9 Å². The molecular formula is C25H32N2O7. The van der Waals surface area contributed by atoms with Gasteiger partial charge < -0.3 is 29.5 Å². The number of ether oxygens (including phenoxy) is 2. The lowest BCUT2D eigenvalue weighted by atomic mass is 9.70. The number of methoxy groups -OCH3 is 1. The number of nitrogens with zero attached hydrogens (tertiary/aromatic N) is 2. The predicted octanol–water partition coefficient (Wildman–Crippen LogP) is 1.69. The molecule has 3 saturated heterocycles. The van der Waals surface area contributed by atoms with Gasteiger partial charge in [-0.3, -0.25) is 14.4 Å². The van der Waals surface area contributed by atoms with Gasteiger partial charge in [-0.25, -0.2) is 0 Å². The number of carbonyl (C=O) groups is 3. The van der Waals surface area contributed by atoms with Gasteiger partial charge in [0.2, 0.25) is 5.91 Å². The second-order valence-electron chi connectivity index (χ2n) is 9.57. The highest BCUT2D eigenvalue weighted by molar-refractivity contribution is 6.04. The van der Waals surface area contributed by atoms with E-state index in [4.69, 9.17) is 9.47 Å². The minimum atomic E-state index is -1.24. The highest BCUT2D eigenvalue weighted by Gasteiger charge is 2.75. The van der Waals surface area contributed by atoms with Gasteiger partial charge in [0.15, 0.2) is 0 Å². The molecule has 1 spiro atoms. The van der Waals surface area contributed by atoms with Crippen LogP contribution >= 0.6 is 0 Å². The first kappa shape index (κ1) is 24.2. The third-order valence-electron chi connectivity index (χ3n) is 7.53. The number of aliphatic carboxylic acids is 1. The summed E-state index contributed by atoms with van der Waals surface area (Å²) in [5.41, 5.74) is -0.652. The number of likely N-dealkylation sites (tertiary alicyclic amines) is 1. The lowest BCUT2D eigenvalue weighted by molar-refractivity contribution is -0.151. The second kappa shape index (κ2) is 9.03. The number of benzene rings is 1. The molecule has 1 aromatic carbocycles. The molecule has 0 saturated carbocycles. The summed E-state index contributed by atoms with van der Waals surface area (Å²) in [7, 11) is 1.55. The fourth-order valence-electron chi connectivity index (χ4n) is 5.99. The summed E-state index contributed by atoms with van der Waals surface area (Å²) in [4.78, 5) is 43.1. The van der Waals surface area contributed by atoms with Gasteiger partial charge in [0.25, 0.3) is 5.91 Å². The van der Waals surface area contributed by atoms with E-state index < -0.39 is 47.5 Å². The summed E-state index contributed by atoms with van der Waals surface area (Å²) in [5, 5.41) is 20.1. The van der Waals surface area contributed by atoms with E-state index in [0.29, 0.717) is 24.3 Å². The predicted molar refractivity (Wildman–Crippen MR) is 123 cm³/mol. The highest BCUT2D eigenvalue weighted by Crippen LogP contribution is 2.59. The molecule has 9 nitrogen and oxygen atoms in total. The minimum absolute atomic E-state index is 0.159. The monoisotopic (exact) mass is 472 g/mol. The molecule has 2 amide bonds. The summed E-state index contributed by atoms with van der Waals surface area (Å²) >= 11 is 0. The SMILES string of the molecule is C=CCN(C(=O)C1N([C@@H](CO)C(C)C)C(=O)[C@@H]2[C@@H](C(=O)O)[C@H]3CCC12O3)c1ccc(OC)cc1. The van der Waals surface area contributed by atoms with Crippen molar-refractivity contribution in [3.63, 3.8) is 0 Å². The zero-order valence-electron chi connectivity index (χ0n) is 19.7. The Morgan fingerprint density at radius 2 is 2.03 bits per heavy atom. The zero-order valence-corrected chi connectivity index (χ0v) is 19.7. The van der Waals surface area contributed by atoms with E-state index >= 15 is 0 Å². The number of aliphatic hydroxyl groups excluding tert-OH is 1. The fourth-order valence-corrected chi connectivity index (χ4v) is 5.99. The number of fused-ring (bicyclic) bond motifs is 1. The molecule has 0 aromatic heterocycles. The number of hydrogen-bond acceptors (Lipinski definition) is 6. The summed E-state index contributed by atoms with van der Waals surface area (Å²) in [5.74, 6) is -3.42. The molecule has 3 heterocycles. The largest absolute Gasteiger partial charge is 0.497 e. The van der Waals surface area contributed by atoms with Crippen molar-refractivity contribution in [2.45, 2.75) is 50.5 Å². The Hall–Kier alpha value is -2.91. The van der Waals surface area contributed by atoms with Crippen molar-refractivity contribution in [3.8, 4) is 5.75 Å². The number of carboxylic acid groups (broad SMARTS) is 1. The standard InChI is InChI=1S/C25H32N2O7/c1-5-12-26(15-6-8-16(33-4)9-7-15)23(30)21-25-11-10-18(34-25)19(24(31)32)20(25)22(29)27(21)17(13-28)14(2)3/h5-9,14,17-21,28H,1,10-13H2,2-4H3,(H,31,32)/t17-,18+,19-,20-,21?,25?/m0/s1. The van der Waals surface area contributed by atoms with Gasteiger partial charge >= 0.3 is 5.97 Å². The zero-order chi connectivity index (χ0) is 24.8. The Morgan fingerprint density at radius 3 is 2.56 bits per heavy atom. The summed E-state index contributed by atoms with van der Waals surface area (Å²) in [6, 6.07) is 5.26. The second-order valence-corrected chi connectivity index (χ2v) is 9.57. The van der Waals surface area contributed by atoms with Crippen LogP contribution in [0.25, 0.3) is 0 Å². The van der Waals surface area contributed by atoms with Crippen LogP contribution in [-0.4, -0.2) is 76.9 Å². The topological polar surface area (TPSA) is 117 Å². The lowest BCUT2D eigenvalue weighted by Gasteiger charge is -2.40. The van der Waals surface area contributed by atoms with Crippen LogP contribution in [0.5, 0.6) is 5.75 Å². The number of hydrogen-bond donors (Lipinski definition) is 2. The van der Waals surface area contributed by atoms with E-state index in [1.807, 2.05) is 13.8 Å². The number of anilines is 1. The minimum Gasteiger partial charge on any atom is -0.497 e. The maximum atomic E-state index is 14.2. The van der Waals surface area contributed by atoms with Gasteiger partial charge in [0.1, 0.15) is 17.4 Å². The molecule has 3 aliphatic heterocycles. The van der Waals surface area contributed by atoms with Gasteiger partial charge in [-0.1, -0.05) is 19.9 Å². The Kier molecular flexibility index (Phi) is 6.44. The molecule has 0 radical (unpaired) electrons. The Balaban J connectivity index is 1.82. The Bertz CT molecular complexity index is 978. The quantitative estimate of drug-likeness (QED) is 0.526. The van der Waals surface area contributed by atoms with Crippen LogP contribution < -0.4 is 9.64 Å². The van der Waals surface area contributed by atoms with E-state index in [2.05, 4.69) is 6.58 Å². The number of aliphatic hydroxyl groups is 1. The van der Waals surface area contributed by atoms with Gasteiger partial charge in [-0.2, -0.15) is 0 Å². The van der Waals surface area contributed by atoms with Crippen LogP contribution in [0.1, 0.15) is 26.7 Å². The summed E-state index contributed by atoms with van der Waals surface area (Å²) in [6.07, 6.45) is 1.86. The van der Waals surface area contributed by atoms with Crippen molar-refractivity contribution >= 4 is 23.5 Å². The molecule has 0 aliphatic carbocycles. The number of rotatable bonds is 9. The molecular weight excluding hydrogens is 440 g/mol. The van der Waals surface area contributed by atoms with Crippen LogP contribution in [0.2, 0.25) is 0 Å². The smallest absolute Gasteiger partial charge is 0.310 e. The normalized spacial score (nSPS) is 30.4. The molecule has 184 valence electrons. The Morgan fingerprint density at radius 1 is 1.35 bits per heavy atom. The molecule has 9 heteroatoms. The molecule has 6 atom stereocenters. The van der Waals surface area contributed by atoms with Crippen LogP contribution in [0.3, 0.4) is 0 Å². The molecule has 3 aliphatic rings. The van der Waals surface area contributed by atoms with Gasteiger partial charge in [0, 0.05) is 12.2 Å². The van der Waals surface area contributed by atoms with Gasteiger partial charge in [-0.05, 0) is 43.0 Å². The molecule has 2 N–H and O–H groups in total. The van der Waals surface area contributed by atoms with E-state index in [9.17, 15) is 24.6 Å². The van der Waals surface area contributed by atoms with Crippen molar-refractivity contribution in [2.24, 2.45) is 17.8 Å². The third kappa shape index (κ3) is 3.49. The first-order valence-corrected chi connectivity index (χ1v) is 11.6. The van der Waals surface area contributed by atoms with E-state index in [1.54, 1.807) is 37.5 Å².